The van der Waals surface area contributed by atoms with Gasteiger partial charge in [-0.15, -0.1) is 12.3 Å². The average molecular weight is 348 g/mol. The lowest BCUT2D eigenvalue weighted by atomic mass is 9.96. The Morgan fingerprint density at radius 3 is 1.88 bits per heavy atom. The van der Waals surface area contributed by atoms with Crippen LogP contribution in [0.15, 0.2) is 12.2 Å². The van der Waals surface area contributed by atoms with Crippen LogP contribution in [0.4, 0.5) is 0 Å². The molecule has 0 amide bonds. The molecule has 5 heteroatoms. The van der Waals surface area contributed by atoms with Gasteiger partial charge in [0.25, 0.3) is 0 Å². The monoisotopic (exact) mass is 348 g/mol. The number of terminal acetylenes is 1. The van der Waals surface area contributed by atoms with Crippen LogP contribution in [0.25, 0.3) is 0 Å². The van der Waals surface area contributed by atoms with Crippen molar-refractivity contribution >= 4 is 0 Å². The van der Waals surface area contributed by atoms with E-state index in [1.807, 2.05) is 0 Å². The molecule has 1 N–H and O–H groups in total. The fourth-order valence-electron chi connectivity index (χ4n) is 4.83. The topological polar surface area (TPSA) is 57.2 Å². The van der Waals surface area contributed by atoms with Gasteiger partial charge in [0.1, 0.15) is 24.4 Å². The van der Waals surface area contributed by atoms with E-state index in [0.29, 0.717) is 6.42 Å². The largest absolute Gasteiger partial charge is 0.394 e. The highest BCUT2D eigenvalue weighted by molar-refractivity contribution is 5.19. The standard InChI is InChI=1S/C20H28O5/c1-3-8-15-17(24-19(22-15)9-4-5-10-19)14(2)18-16(13-21)23-20(25-18)11-6-7-12-20/h1,15-18,21H,2,4-13H2/t15-,16-,17-,18-/m1/s1. The van der Waals surface area contributed by atoms with E-state index in [-0.39, 0.29) is 24.9 Å². The smallest absolute Gasteiger partial charge is 0.169 e. The quantitative estimate of drug-likeness (QED) is 0.625. The van der Waals surface area contributed by atoms with Crippen molar-refractivity contribution in [3.05, 3.63) is 12.2 Å². The van der Waals surface area contributed by atoms with Crippen LogP contribution in [-0.4, -0.2) is 47.7 Å². The number of hydrogen-bond acceptors (Lipinski definition) is 5. The summed E-state index contributed by atoms with van der Waals surface area (Å²) in [6.07, 6.45) is 12.6. The highest BCUT2D eigenvalue weighted by Gasteiger charge is 2.55. The zero-order valence-corrected chi connectivity index (χ0v) is 14.7. The molecule has 4 atom stereocenters. The lowest BCUT2D eigenvalue weighted by Crippen LogP contribution is -2.37. The van der Waals surface area contributed by atoms with Gasteiger partial charge >= 0.3 is 0 Å². The lowest BCUT2D eigenvalue weighted by molar-refractivity contribution is -0.173. The third kappa shape index (κ3) is 3.05. The zero-order valence-electron chi connectivity index (χ0n) is 14.7. The van der Waals surface area contributed by atoms with Gasteiger partial charge in [0.15, 0.2) is 11.6 Å². The summed E-state index contributed by atoms with van der Waals surface area (Å²) in [5, 5.41) is 9.80. The number of ether oxygens (including phenoxy) is 4. The Hall–Kier alpha value is -0.900. The molecule has 2 heterocycles. The predicted octanol–water partition coefficient (Wildman–Crippen LogP) is 2.67. The highest BCUT2D eigenvalue weighted by Crippen LogP contribution is 2.48. The summed E-state index contributed by atoms with van der Waals surface area (Å²) in [4.78, 5) is 0. The molecule has 4 aliphatic rings. The highest BCUT2D eigenvalue weighted by atomic mass is 16.8. The Balaban J connectivity index is 1.53. The molecule has 2 spiro atoms. The van der Waals surface area contributed by atoms with Crippen LogP contribution in [0.5, 0.6) is 0 Å². The lowest BCUT2D eigenvalue weighted by Gasteiger charge is -2.26. The molecule has 0 unspecified atom stereocenters. The average Bonchev–Trinajstić information content (AvgIpc) is 3.38. The molecule has 0 aromatic carbocycles. The molecule has 2 aliphatic heterocycles. The van der Waals surface area contributed by atoms with Crippen molar-refractivity contribution in [3.8, 4) is 12.3 Å². The SMILES string of the molecule is C#CC[C@H]1OC2(CCCC2)O[C@@H]1C(=C)[C@H]1OC2(CCCC2)O[C@@H]1CO. The number of hydrogen-bond donors (Lipinski definition) is 1. The van der Waals surface area contributed by atoms with Gasteiger partial charge < -0.3 is 24.1 Å². The Morgan fingerprint density at radius 2 is 1.40 bits per heavy atom. The van der Waals surface area contributed by atoms with E-state index in [2.05, 4.69) is 12.5 Å². The van der Waals surface area contributed by atoms with Crippen molar-refractivity contribution in [2.75, 3.05) is 6.61 Å². The molecule has 2 aliphatic carbocycles. The number of rotatable bonds is 4. The van der Waals surface area contributed by atoms with Gasteiger partial charge in [-0.2, -0.15) is 0 Å². The van der Waals surface area contributed by atoms with Crippen molar-refractivity contribution in [3.63, 3.8) is 0 Å². The van der Waals surface area contributed by atoms with Crippen LogP contribution < -0.4 is 0 Å². The van der Waals surface area contributed by atoms with Crippen LogP contribution in [0.1, 0.15) is 57.8 Å². The van der Waals surface area contributed by atoms with E-state index >= 15 is 0 Å². The molecule has 4 fully saturated rings. The second kappa shape index (κ2) is 6.68. The molecule has 2 saturated carbocycles. The minimum absolute atomic E-state index is 0.0933. The molecule has 0 radical (unpaired) electrons. The molecule has 0 aromatic rings. The summed E-state index contributed by atoms with van der Waals surface area (Å²) >= 11 is 0. The minimum Gasteiger partial charge on any atom is -0.394 e. The van der Waals surface area contributed by atoms with Gasteiger partial charge in [0, 0.05) is 32.1 Å². The fourth-order valence-corrected chi connectivity index (χ4v) is 4.83. The van der Waals surface area contributed by atoms with Crippen LogP contribution >= 0.6 is 0 Å². The van der Waals surface area contributed by atoms with E-state index in [4.69, 9.17) is 25.4 Å². The first-order chi connectivity index (χ1) is 12.1. The maximum absolute atomic E-state index is 9.80. The van der Waals surface area contributed by atoms with Crippen molar-refractivity contribution in [2.24, 2.45) is 0 Å². The zero-order chi connectivity index (χ0) is 17.5. The maximum atomic E-state index is 9.80. The normalized spacial score (nSPS) is 38.6. The van der Waals surface area contributed by atoms with Crippen LogP contribution in [0, 0.1) is 12.3 Å². The Bertz CT molecular complexity index is 553. The van der Waals surface area contributed by atoms with E-state index < -0.39 is 17.7 Å². The van der Waals surface area contributed by atoms with Crippen molar-refractivity contribution in [1.82, 2.24) is 0 Å². The molecular weight excluding hydrogens is 320 g/mol. The first-order valence-electron chi connectivity index (χ1n) is 9.55. The maximum Gasteiger partial charge on any atom is 0.169 e. The summed E-state index contributed by atoms with van der Waals surface area (Å²) in [6, 6.07) is 0. The van der Waals surface area contributed by atoms with Gasteiger partial charge in [-0.3, -0.25) is 0 Å². The van der Waals surface area contributed by atoms with Gasteiger partial charge in [0.05, 0.1) is 6.61 Å². The number of aliphatic hydroxyl groups is 1. The molecule has 0 bridgehead atoms. The Labute approximate surface area is 149 Å². The molecule has 25 heavy (non-hydrogen) atoms. The van der Waals surface area contributed by atoms with E-state index in [1.54, 1.807) is 0 Å². The summed E-state index contributed by atoms with van der Waals surface area (Å²) in [5.74, 6) is 1.62. The van der Waals surface area contributed by atoms with E-state index in [1.165, 1.54) is 0 Å². The summed E-state index contributed by atoms with van der Waals surface area (Å²) in [7, 11) is 0. The van der Waals surface area contributed by atoms with Gasteiger partial charge in [-0.05, 0) is 31.3 Å². The van der Waals surface area contributed by atoms with Crippen LogP contribution in [0.2, 0.25) is 0 Å². The second-order valence-corrected chi connectivity index (χ2v) is 7.79. The Morgan fingerprint density at radius 1 is 0.920 bits per heavy atom. The second-order valence-electron chi connectivity index (χ2n) is 7.79. The van der Waals surface area contributed by atoms with E-state index in [0.717, 1.165) is 56.9 Å². The van der Waals surface area contributed by atoms with Crippen molar-refractivity contribution < 1.29 is 24.1 Å². The van der Waals surface area contributed by atoms with E-state index in [9.17, 15) is 5.11 Å². The van der Waals surface area contributed by atoms with Gasteiger partial charge in [-0.1, -0.05) is 6.58 Å². The summed E-state index contributed by atoms with van der Waals surface area (Å²) in [6.45, 7) is 4.18. The van der Waals surface area contributed by atoms with Crippen molar-refractivity contribution in [1.29, 1.82) is 0 Å². The minimum atomic E-state index is -0.562. The molecular formula is C20H28O5. The third-order valence-electron chi connectivity index (χ3n) is 6.05. The summed E-state index contributed by atoms with van der Waals surface area (Å²) in [5.41, 5.74) is 0.784. The predicted molar refractivity (Wildman–Crippen MR) is 91.6 cm³/mol. The number of aliphatic hydroxyl groups excluding tert-OH is 1. The van der Waals surface area contributed by atoms with Crippen molar-refractivity contribution in [2.45, 2.75) is 93.8 Å². The Kier molecular flexibility index (Phi) is 4.68. The first-order valence-corrected chi connectivity index (χ1v) is 9.55. The van der Waals surface area contributed by atoms with Gasteiger partial charge in [-0.25, -0.2) is 0 Å². The molecule has 138 valence electrons. The fraction of sp³-hybridized carbons (Fsp3) is 0.800. The first kappa shape index (κ1) is 17.5. The molecule has 0 aromatic heterocycles. The summed E-state index contributed by atoms with van der Waals surface area (Å²) < 4.78 is 25.0. The third-order valence-corrected chi connectivity index (χ3v) is 6.05. The molecule has 4 rings (SSSR count). The van der Waals surface area contributed by atoms with Crippen LogP contribution in [-0.2, 0) is 18.9 Å². The molecule has 5 nitrogen and oxygen atoms in total. The van der Waals surface area contributed by atoms with Gasteiger partial charge in [0.2, 0.25) is 0 Å². The molecule has 2 saturated heterocycles. The van der Waals surface area contributed by atoms with Crippen LogP contribution in [0.3, 0.4) is 0 Å².